The van der Waals surface area contributed by atoms with Gasteiger partial charge in [-0.2, -0.15) is 0 Å². The summed E-state index contributed by atoms with van der Waals surface area (Å²) in [4.78, 5) is 15.9. The summed E-state index contributed by atoms with van der Waals surface area (Å²) in [5, 5.41) is 0. The maximum Gasteiger partial charge on any atom is 0.271 e. The monoisotopic (exact) mass is 329 g/mol. The third-order valence-electron chi connectivity index (χ3n) is 3.28. The van der Waals surface area contributed by atoms with Crippen molar-refractivity contribution in [3.05, 3.63) is 54.4 Å². The predicted molar refractivity (Wildman–Crippen MR) is 90.0 cm³/mol. The third-order valence-corrected chi connectivity index (χ3v) is 3.28. The number of hydrogen-bond donors (Lipinski definition) is 2. The summed E-state index contributed by atoms with van der Waals surface area (Å²) in [7, 11) is 4.57. The lowest BCUT2D eigenvalue weighted by atomic mass is 10.1. The van der Waals surface area contributed by atoms with Crippen LogP contribution < -0.4 is 25.1 Å². The molecule has 0 saturated carbocycles. The van der Waals surface area contributed by atoms with E-state index in [0.29, 0.717) is 34.1 Å². The number of amides is 1. The molecule has 2 rings (SSSR count). The molecule has 0 bridgehead atoms. The molecule has 7 heteroatoms. The van der Waals surface area contributed by atoms with E-state index >= 15 is 0 Å². The van der Waals surface area contributed by atoms with Crippen LogP contribution in [0.4, 0.5) is 0 Å². The van der Waals surface area contributed by atoms with E-state index in [-0.39, 0.29) is 5.91 Å². The second-order valence-electron chi connectivity index (χ2n) is 4.68. The summed E-state index contributed by atoms with van der Waals surface area (Å²) in [6.07, 6.45) is 3.06. The number of ether oxygens (including phenoxy) is 3. The van der Waals surface area contributed by atoms with Crippen LogP contribution in [0.15, 0.2) is 43.2 Å². The molecule has 24 heavy (non-hydrogen) atoms. The van der Waals surface area contributed by atoms with Gasteiger partial charge in [0.05, 0.1) is 32.6 Å². The van der Waals surface area contributed by atoms with Gasteiger partial charge in [0.2, 0.25) is 5.75 Å². The number of hydrazine groups is 1. The van der Waals surface area contributed by atoms with E-state index in [0.717, 1.165) is 0 Å². The SMILES string of the molecule is C=C(NNC(=O)c1cccnc1)c1ccc(OC)c(OC)c1OC. The molecule has 0 aliphatic heterocycles. The number of pyridine rings is 1. The fourth-order valence-corrected chi connectivity index (χ4v) is 2.11. The van der Waals surface area contributed by atoms with Crippen LogP contribution in [0.25, 0.3) is 5.70 Å². The number of aromatic nitrogens is 1. The van der Waals surface area contributed by atoms with Gasteiger partial charge in [0.1, 0.15) is 0 Å². The zero-order valence-corrected chi connectivity index (χ0v) is 13.8. The average Bonchev–Trinajstić information content (AvgIpc) is 2.64. The number of nitrogens with one attached hydrogen (secondary N) is 2. The summed E-state index contributed by atoms with van der Waals surface area (Å²) >= 11 is 0. The van der Waals surface area contributed by atoms with Gasteiger partial charge in [-0.25, -0.2) is 0 Å². The minimum Gasteiger partial charge on any atom is -0.493 e. The number of hydrogen-bond acceptors (Lipinski definition) is 6. The molecule has 0 aliphatic carbocycles. The first-order valence-electron chi connectivity index (χ1n) is 7.07. The molecule has 126 valence electrons. The molecule has 7 nitrogen and oxygen atoms in total. The molecule has 0 fully saturated rings. The Morgan fingerprint density at radius 2 is 1.79 bits per heavy atom. The van der Waals surface area contributed by atoms with Crippen LogP contribution >= 0.6 is 0 Å². The Labute approximate surface area is 140 Å². The number of methoxy groups -OCH3 is 3. The molecule has 0 saturated heterocycles. The minimum absolute atomic E-state index is 0.330. The first-order chi connectivity index (χ1) is 11.6. The van der Waals surface area contributed by atoms with Gasteiger partial charge in [-0.05, 0) is 24.3 Å². The Morgan fingerprint density at radius 1 is 1.04 bits per heavy atom. The van der Waals surface area contributed by atoms with E-state index in [9.17, 15) is 4.79 Å². The fourth-order valence-electron chi connectivity index (χ4n) is 2.11. The Hall–Kier alpha value is -3.22. The standard InChI is InChI=1S/C17H19N3O4/c1-11(19-20-17(21)12-6-5-9-18-10-12)13-7-8-14(22-2)16(24-4)15(13)23-3/h5-10,19H,1H2,2-4H3,(H,20,21). The van der Waals surface area contributed by atoms with Crippen molar-refractivity contribution in [2.45, 2.75) is 0 Å². The van der Waals surface area contributed by atoms with E-state index in [1.807, 2.05) is 0 Å². The minimum atomic E-state index is -0.330. The molecule has 0 atom stereocenters. The molecule has 2 aromatic rings. The largest absolute Gasteiger partial charge is 0.493 e. The highest BCUT2D eigenvalue weighted by Crippen LogP contribution is 2.41. The van der Waals surface area contributed by atoms with Gasteiger partial charge in [0, 0.05) is 18.0 Å². The molecule has 1 amide bonds. The van der Waals surface area contributed by atoms with Crippen LogP contribution in [0.3, 0.4) is 0 Å². The van der Waals surface area contributed by atoms with Crippen LogP contribution in [-0.4, -0.2) is 32.2 Å². The second kappa shape index (κ2) is 7.87. The van der Waals surface area contributed by atoms with Gasteiger partial charge in [0.15, 0.2) is 11.5 Å². The van der Waals surface area contributed by atoms with Crippen molar-refractivity contribution in [1.82, 2.24) is 15.8 Å². The fraction of sp³-hybridized carbons (Fsp3) is 0.176. The molecule has 0 aliphatic rings. The quantitative estimate of drug-likeness (QED) is 0.756. The van der Waals surface area contributed by atoms with Gasteiger partial charge in [-0.15, -0.1) is 0 Å². The molecule has 0 spiro atoms. The summed E-state index contributed by atoms with van der Waals surface area (Å²) in [5.41, 5.74) is 6.81. The molecule has 0 radical (unpaired) electrons. The molecule has 0 unspecified atom stereocenters. The van der Waals surface area contributed by atoms with Crippen molar-refractivity contribution in [2.24, 2.45) is 0 Å². The molecular formula is C17H19N3O4. The van der Waals surface area contributed by atoms with Crippen LogP contribution in [0.5, 0.6) is 17.2 Å². The van der Waals surface area contributed by atoms with Crippen LogP contribution in [0.1, 0.15) is 15.9 Å². The summed E-state index contributed by atoms with van der Waals surface area (Å²) in [6, 6.07) is 6.82. The Balaban J connectivity index is 2.16. The Kier molecular flexibility index (Phi) is 5.62. The maximum atomic E-state index is 12.0. The van der Waals surface area contributed by atoms with Crippen LogP contribution in [0, 0.1) is 0 Å². The maximum absolute atomic E-state index is 12.0. The smallest absolute Gasteiger partial charge is 0.271 e. The number of nitrogens with zero attached hydrogens (tertiary/aromatic N) is 1. The van der Waals surface area contributed by atoms with Crippen molar-refractivity contribution in [1.29, 1.82) is 0 Å². The van der Waals surface area contributed by atoms with Gasteiger partial charge >= 0.3 is 0 Å². The first kappa shape index (κ1) is 17.1. The third kappa shape index (κ3) is 3.57. The van der Waals surface area contributed by atoms with Crippen molar-refractivity contribution < 1.29 is 19.0 Å². The molecule has 2 N–H and O–H groups in total. The van der Waals surface area contributed by atoms with Gasteiger partial charge in [-0.3, -0.25) is 20.6 Å². The van der Waals surface area contributed by atoms with Gasteiger partial charge in [-0.1, -0.05) is 6.58 Å². The van der Waals surface area contributed by atoms with Crippen LogP contribution in [0.2, 0.25) is 0 Å². The number of carbonyl (C=O) groups is 1. The van der Waals surface area contributed by atoms with Gasteiger partial charge in [0.25, 0.3) is 5.91 Å². The lowest BCUT2D eigenvalue weighted by Gasteiger charge is -2.18. The Morgan fingerprint density at radius 3 is 2.38 bits per heavy atom. The average molecular weight is 329 g/mol. The van der Waals surface area contributed by atoms with E-state index in [2.05, 4.69) is 22.4 Å². The summed E-state index contributed by atoms with van der Waals surface area (Å²) < 4.78 is 16.0. The highest BCUT2D eigenvalue weighted by molar-refractivity contribution is 5.94. The van der Waals surface area contributed by atoms with E-state index in [1.54, 1.807) is 30.5 Å². The van der Waals surface area contributed by atoms with Crippen molar-refractivity contribution >= 4 is 11.6 Å². The number of carbonyl (C=O) groups excluding carboxylic acids is 1. The van der Waals surface area contributed by atoms with E-state index in [4.69, 9.17) is 14.2 Å². The summed E-state index contributed by atoms with van der Waals surface area (Å²) in [6.45, 7) is 3.91. The summed E-state index contributed by atoms with van der Waals surface area (Å²) in [5.74, 6) is 1.10. The number of benzene rings is 1. The topological polar surface area (TPSA) is 81.7 Å². The van der Waals surface area contributed by atoms with E-state index in [1.165, 1.54) is 27.5 Å². The normalized spacial score (nSPS) is 9.79. The predicted octanol–water partition coefficient (Wildman–Crippen LogP) is 2.01. The highest BCUT2D eigenvalue weighted by atomic mass is 16.5. The lowest BCUT2D eigenvalue weighted by molar-refractivity contribution is 0.0942. The van der Waals surface area contributed by atoms with Crippen molar-refractivity contribution in [2.75, 3.05) is 21.3 Å². The number of rotatable bonds is 7. The Bertz CT molecular complexity index is 732. The molecule has 1 aromatic heterocycles. The van der Waals surface area contributed by atoms with Crippen molar-refractivity contribution in [3.8, 4) is 17.2 Å². The van der Waals surface area contributed by atoms with Gasteiger partial charge < -0.3 is 14.2 Å². The van der Waals surface area contributed by atoms with Crippen molar-refractivity contribution in [3.63, 3.8) is 0 Å². The highest BCUT2D eigenvalue weighted by Gasteiger charge is 2.18. The second-order valence-corrected chi connectivity index (χ2v) is 4.68. The lowest BCUT2D eigenvalue weighted by Crippen LogP contribution is -2.36. The van der Waals surface area contributed by atoms with Crippen LogP contribution in [-0.2, 0) is 0 Å². The first-order valence-corrected chi connectivity index (χ1v) is 7.07. The zero-order chi connectivity index (χ0) is 17.5. The zero-order valence-electron chi connectivity index (χ0n) is 13.8. The molecule has 1 aromatic carbocycles. The molecular weight excluding hydrogens is 310 g/mol. The van der Waals surface area contributed by atoms with E-state index < -0.39 is 0 Å². The molecule has 1 heterocycles.